The molecule has 0 radical (unpaired) electrons. The van der Waals surface area contributed by atoms with E-state index in [0.29, 0.717) is 36.6 Å². The van der Waals surface area contributed by atoms with Crippen molar-refractivity contribution in [3.63, 3.8) is 0 Å². The van der Waals surface area contributed by atoms with E-state index in [0.717, 1.165) is 5.56 Å². The Morgan fingerprint density at radius 1 is 1.21 bits per heavy atom. The number of benzene rings is 1. The number of hydrogen-bond donors (Lipinski definition) is 1. The van der Waals surface area contributed by atoms with Gasteiger partial charge in [0.1, 0.15) is 5.60 Å². The molecule has 2 rings (SSSR count). The average Bonchev–Trinajstić information content (AvgIpc) is 2.64. The third-order valence-corrected chi connectivity index (χ3v) is 5.08. The normalized spacial score (nSPS) is 16.1. The second-order valence-corrected chi connectivity index (χ2v) is 8.63. The molecule has 0 bridgehead atoms. The molecular formula is C21H29ClN2O5. The van der Waals surface area contributed by atoms with Crippen LogP contribution in [-0.4, -0.2) is 47.7 Å². The number of likely N-dealkylation sites (tertiary alicyclic amines) is 1. The molecule has 0 unspecified atom stereocenters. The number of amides is 2. The second kappa shape index (κ2) is 9.48. The lowest BCUT2D eigenvalue weighted by atomic mass is 9.97. The summed E-state index contributed by atoms with van der Waals surface area (Å²) in [6.07, 6.45) is -0.377. The Labute approximate surface area is 176 Å². The van der Waals surface area contributed by atoms with E-state index >= 15 is 0 Å². The maximum Gasteiger partial charge on any atom is 0.410 e. The van der Waals surface area contributed by atoms with Gasteiger partial charge in [-0.1, -0.05) is 17.7 Å². The number of nitrogens with one attached hydrogen (secondary N) is 1. The van der Waals surface area contributed by atoms with Crippen LogP contribution in [0.3, 0.4) is 0 Å². The highest BCUT2D eigenvalue weighted by Gasteiger charge is 2.32. The van der Waals surface area contributed by atoms with E-state index in [4.69, 9.17) is 21.1 Å². The number of esters is 1. The Hall–Kier alpha value is -2.28. The van der Waals surface area contributed by atoms with Gasteiger partial charge in [0.05, 0.1) is 5.92 Å². The number of rotatable bonds is 4. The van der Waals surface area contributed by atoms with Crippen LogP contribution in [0.25, 0.3) is 0 Å². The smallest absolute Gasteiger partial charge is 0.410 e. The van der Waals surface area contributed by atoms with Crippen LogP contribution in [0.15, 0.2) is 18.2 Å². The fourth-order valence-electron chi connectivity index (χ4n) is 2.93. The maximum atomic E-state index is 12.4. The Morgan fingerprint density at radius 2 is 1.83 bits per heavy atom. The number of ether oxygens (including phenoxy) is 2. The lowest BCUT2D eigenvalue weighted by Gasteiger charge is -2.32. The van der Waals surface area contributed by atoms with Gasteiger partial charge in [0.25, 0.3) is 5.91 Å². The van der Waals surface area contributed by atoms with Gasteiger partial charge in [-0.05, 0) is 65.2 Å². The van der Waals surface area contributed by atoms with E-state index in [-0.39, 0.29) is 12.0 Å². The van der Waals surface area contributed by atoms with E-state index in [1.165, 1.54) is 6.92 Å². The number of carbonyl (C=O) groups excluding carboxylic acids is 3. The highest BCUT2D eigenvalue weighted by molar-refractivity contribution is 6.31. The van der Waals surface area contributed by atoms with Crippen LogP contribution in [-0.2, 0) is 19.1 Å². The zero-order chi connectivity index (χ0) is 21.8. The van der Waals surface area contributed by atoms with E-state index < -0.39 is 23.6 Å². The largest absolute Gasteiger partial charge is 0.452 e. The molecule has 1 heterocycles. The Kier molecular flexibility index (Phi) is 7.52. The topological polar surface area (TPSA) is 84.9 Å². The number of carbonyl (C=O) groups is 3. The summed E-state index contributed by atoms with van der Waals surface area (Å²) in [6, 6.07) is 5.21. The first kappa shape index (κ1) is 23.0. The first-order valence-corrected chi connectivity index (χ1v) is 10.1. The van der Waals surface area contributed by atoms with Crippen LogP contribution in [0, 0.1) is 12.8 Å². The lowest BCUT2D eigenvalue weighted by Crippen LogP contribution is -2.43. The van der Waals surface area contributed by atoms with Crippen LogP contribution in [0.2, 0.25) is 5.02 Å². The fraction of sp³-hybridized carbons (Fsp3) is 0.571. The van der Waals surface area contributed by atoms with Crippen molar-refractivity contribution in [2.75, 3.05) is 18.4 Å². The van der Waals surface area contributed by atoms with Crippen LogP contribution in [0.5, 0.6) is 0 Å². The number of nitrogens with zero attached hydrogens (tertiary/aromatic N) is 1. The standard InChI is InChI=1S/C21H29ClN2O5/c1-13-16(22)7-6-8-17(13)23-18(25)14(2)28-19(26)15-9-11-24(12-10-15)20(27)29-21(3,4)5/h6-8,14-15H,9-12H2,1-5H3,(H,23,25)/t14-/m1/s1. The molecule has 1 N–H and O–H groups in total. The quantitative estimate of drug-likeness (QED) is 0.733. The average molecular weight is 425 g/mol. The molecule has 1 aliphatic heterocycles. The molecule has 1 fully saturated rings. The summed E-state index contributed by atoms with van der Waals surface area (Å²) in [4.78, 5) is 38.5. The third kappa shape index (κ3) is 6.63. The molecule has 29 heavy (non-hydrogen) atoms. The number of piperidine rings is 1. The maximum absolute atomic E-state index is 12.4. The Bertz CT molecular complexity index is 767. The monoisotopic (exact) mass is 424 g/mol. The van der Waals surface area contributed by atoms with Gasteiger partial charge >= 0.3 is 12.1 Å². The van der Waals surface area contributed by atoms with Crippen LogP contribution >= 0.6 is 11.6 Å². The van der Waals surface area contributed by atoms with Gasteiger partial charge in [0.2, 0.25) is 0 Å². The van der Waals surface area contributed by atoms with Crippen molar-refractivity contribution in [2.45, 2.75) is 59.2 Å². The summed E-state index contributed by atoms with van der Waals surface area (Å²) in [6.45, 7) is 9.59. The predicted octanol–water partition coefficient (Wildman–Crippen LogP) is 4.17. The van der Waals surface area contributed by atoms with Crippen LogP contribution in [0.4, 0.5) is 10.5 Å². The zero-order valence-electron chi connectivity index (χ0n) is 17.6. The van der Waals surface area contributed by atoms with Crippen LogP contribution < -0.4 is 5.32 Å². The van der Waals surface area contributed by atoms with Crippen molar-refractivity contribution >= 4 is 35.3 Å². The molecule has 7 nitrogen and oxygen atoms in total. The van der Waals surface area contributed by atoms with Crippen LogP contribution in [0.1, 0.15) is 46.1 Å². The van der Waals surface area contributed by atoms with E-state index in [9.17, 15) is 14.4 Å². The van der Waals surface area contributed by atoms with E-state index in [2.05, 4.69) is 5.32 Å². The number of hydrogen-bond acceptors (Lipinski definition) is 5. The molecule has 0 saturated carbocycles. The van der Waals surface area contributed by atoms with Gasteiger partial charge in [-0.3, -0.25) is 9.59 Å². The van der Waals surface area contributed by atoms with E-state index in [1.54, 1.807) is 30.0 Å². The summed E-state index contributed by atoms with van der Waals surface area (Å²) in [5.74, 6) is -1.20. The molecule has 1 aliphatic rings. The van der Waals surface area contributed by atoms with Gasteiger partial charge in [0.15, 0.2) is 6.10 Å². The van der Waals surface area contributed by atoms with E-state index in [1.807, 2.05) is 20.8 Å². The summed E-state index contributed by atoms with van der Waals surface area (Å²) < 4.78 is 10.7. The molecule has 1 saturated heterocycles. The molecule has 0 aromatic heterocycles. The minimum absolute atomic E-state index is 0.350. The first-order valence-electron chi connectivity index (χ1n) is 9.72. The molecule has 160 valence electrons. The molecule has 1 atom stereocenters. The molecule has 2 amide bonds. The molecule has 8 heteroatoms. The first-order chi connectivity index (χ1) is 13.5. The number of anilines is 1. The molecule has 1 aromatic carbocycles. The minimum atomic E-state index is -0.940. The fourth-order valence-corrected chi connectivity index (χ4v) is 3.10. The molecule has 0 spiro atoms. The summed E-state index contributed by atoms with van der Waals surface area (Å²) in [5, 5.41) is 3.28. The molecule has 0 aliphatic carbocycles. The molecular weight excluding hydrogens is 396 g/mol. The number of halogens is 1. The van der Waals surface area contributed by atoms with Crippen molar-refractivity contribution < 1.29 is 23.9 Å². The Balaban J connectivity index is 1.83. The van der Waals surface area contributed by atoms with Crippen molar-refractivity contribution in [1.82, 2.24) is 4.90 Å². The van der Waals surface area contributed by atoms with Crippen molar-refractivity contribution in [1.29, 1.82) is 0 Å². The highest BCUT2D eigenvalue weighted by atomic mass is 35.5. The SMILES string of the molecule is Cc1c(Cl)cccc1NC(=O)[C@@H](C)OC(=O)C1CCN(C(=O)OC(C)(C)C)CC1. The second-order valence-electron chi connectivity index (χ2n) is 8.22. The van der Waals surface area contributed by atoms with Gasteiger partial charge in [-0.2, -0.15) is 0 Å². The zero-order valence-corrected chi connectivity index (χ0v) is 18.3. The van der Waals surface area contributed by atoms with Gasteiger partial charge in [-0.25, -0.2) is 4.79 Å². The van der Waals surface area contributed by atoms with Gasteiger partial charge in [-0.15, -0.1) is 0 Å². The Morgan fingerprint density at radius 3 is 2.41 bits per heavy atom. The summed E-state index contributed by atoms with van der Waals surface area (Å²) in [7, 11) is 0. The minimum Gasteiger partial charge on any atom is -0.452 e. The van der Waals surface area contributed by atoms with Crippen molar-refractivity contribution in [3.8, 4) is 0 Å². The third-order valence-electron chi connectivity index (χ3n) is 4.67. The summed E-state index contributed by atoms with van der Waals surface area (Å²) in [5.41, 5.74) is 0.767. The van der Waals surface area contributed by atoms with Gasteiger partial charge < -0.3 is 19.7 Å². The lowest BCUT2D eigenvalue weighted by molar-refractivity contribution is -0.158. The summed E-state index contributed by atoms with van der Waals surface area (Å²) >= 11 is 6.06. The van der Waals surface area contributed by atoms with Crippen molar-refractivity contribution in [2.24, 2.45) is 5.92 Å². The highest BCUT2D eigenvalue weighted by Crippen LogP contribution is 2.24. The van der Waals surface area contributed by atoms with Crippen molar-refractivity contribution in [3.05, 3.63) is 28.8 Å². The molecule has 1 aromatic rings. The van der Waals surface area contributed by atoms with Gasteiger partial charge in [0, 0.05) is 23.8 Å². The predicted molar refractivity (Wildman–Crippen MR) is 111 cm³/mol.